The number of rotatable bonds is 8. The molecule has 0 aromatic carbocycles. The molecule has 21 heavy (non-hydrogen) atoms. The Hall–Kier alpha value is -2.15. The standard InChI is InChI=1S/C14H18N4O2S/c1-2-7-15-13-4-3-12(18(19)20)14(17-13)16-8-5-11-6-9-21-10-11/h3-4,6,9-10H,2,5,7-8H2,1H3,(H2,15,16,17). The molecule has 0 spiro atoms. The Labute approximate surface area is 127 Å². The second-order valence-electron chi connectivity index (χ2n) is 4.56. The van der Waals surface area contributed by atoms with Crippen molar-refractivity contribution in [3.05, 3.63) is 44.6 Å². The summed E-state index contributed by atoms with van der Waals surface area (Å²) in [5, 5.41) is 21.3. The highest BCUT2D eigenvalue weighted by Crippen LogP contribution is 2.24. The fraction of sp³-hybridized carbons (Fsp3) is 0.357. The average molecular weight is 306 g/mol. The molecule has 0 bridgehead atoms. The molecule has 0 atom stereocenters. The molecule has 0 saturated heterocycles. The van der Waals surface area contributed by atoms with E-state index >= 15 is 0 Å². The van der Waals surface area contributed by atoms with E-state index in [9.17, 15) is 10.1 Å². The van der Waals surface area contributed by atoms with Crippen LogP contribution in [0.5, 0.6) is 0 Å². The van der Waals surface area contributed by atoms with Crippen LogP contribution in [0.15, 0.2) is 29.0 Å². The number of aromatic nitrogens is 1. The monoisotopic (exact) mass is 306 g/mol. The van der Waals surface area contributed by atoms with Gasteiger partial charge in [-0.15, -0.1) is 0 Å². The highest BCUT2D eigenvalue weighted by Gasteiger charge is 2.15. The fourth-order valence-corrected chi connectivity index (χ4v) is 2.54. The third kappa shape index (κ3) is 4.42. The molecule has 0 saturated carbocycles. The molecule has 2 heterocycles. The molecule has 2 N–H and O–H groups in total. The first-order chi connectivity index (χ1) is 10.2. The minimum atomic E-state index is -0.413. The second kappa shape index (κ2) is 7.58. The summed E-state index contributed by atoms with van der Waals surface area (Å²) in [6.07, 6.45) is 1.79. The molecule has 2 aromatic heterocycles. The van der Waals surface area contributed by atoms with Crippen molar-refractivity contribution >= 4 is 28.7 Å². The molecule has 0 amide bonds. The smallest absolute Gasteiger partial charge is 0.311 e. The summed E-state index contributed by atoms with van der Waals surface area (Å²) in [5.74, 6) is 0.969. The summed E-state index contributed by atoms with van der Waals surface area (Å²) in [6, 6.07) is 5.17. The van der Waals surface area contributed by atoms with Crippen molar-refractivity contribution in [2.24, 2.45) is 0 Å². The molecule has 112 valence electrons. The lowest BCUT2D eigenvalue weighted by molar-refractivity contribution is -0.384. The van der Waals surface area contributed by atoms with Gasteiger partial charge in [0.15, 0.2) is 0 Å². The van der Waals surface area contributed by atoms with Crippen molar-refractivity contribution in [3.63, 3.8) is 0 Å². The van der Waals surface area contributed by atoms with Crippen molar-refractivity contribution in [1.29, 1.82) is 0 Å². The summed E-state index contributed by atoms with van der Waals surface area (Å²) >= 11 is 1.64. The molecule has 0 aliphatic heterocycles. The second-order valence-corrected chi connectivity index (χ2v) is 5.34. The van der Waals surface area contributed by atoms with Crippen LogP contribution in [0, 0.1) is 10.1 Å². The molecule has 2 aromatic rings. The summed E-state index contributed by atoms with van der Waals surface area (Å²) in [4.78, 5) is 14.9. The summed E-state index contributed by atoms with van der Waals surface area (Å²) < 4.78 is 0. The van der Waals surface area contributed by atoms with Gasteiger partial charge in [-0.2, -0.15) is 11.3 Å². The van der Waals surface area contributed by atoms with Gasteiger partial charge in [0, 0.05) is 19.2 Å². The van der Waals surface area contributed by atoms with Crippen LogP contribution in [0.2, 0.25) is 0 Å². The lowest BCUT2D eigenvalue weighted by Gasteiger charge is -2.09. The van der Waals surface area contributed by atoms with Crippen LogP contribution < -0.4 is 10.6 Å². The van der Waals surface area contributed by atoms with Gasteiger partial charge >= 0.3 is 5.69 Å². The van der Waals surface area contributed by atoms with E-state index in [1.807, 2.05) is 11.4 Å². The van der Waals surface area contributed by atoms with Crippen molar-refractivity contribution in [3.8, 4) is 0 Å². The van der Waals surface area contributed by atoms with Gasteiger partial charge in [0.25, 0.3) is 0 Å². The van der Waals surface area contributed by atoms with E-state index in [1.54, 1.807) is 17.4 Å². The van der Waals surface area contributed by atoms with Gasteiger partial charge in [-0.05, 0) is 41.3 Å². The topological polar surface area (TPSA) is 80.1 Å². The van der Waals surface area contributed by atoms with E-state index in [0.29, 0.717) is 18.2 Å². The molecule has 0 unspecified atom stereocenters. The van der Waals surface area contributed by atoms with E-state index in [-0.39, 0.29) is 5.69 Å². The molecular weight excluding hydrogens is 288 g/mol. The maximum atomic E-state index is 11.0. The zero-order valence-corrected chi connectivity index (χ0v) is 12.7. The van der Waals surface area contributed by atoms with Gasteiger partial charge in [-0.3, -0.25) is 10.1 Å². The van der Waals surface area contributed by atoms with Crippen molar-refractivity contribution < 1.29 is 4.92 Å². The molecule has 0 aliphatic rings. The number of nitrogens with zero attached hydrogens (tertiary/aromatic N) is 2. The Morgan fingerprint density at radius 3 is 2.81 bits per heavy atom. The normalized spacial score (nSPS) is 10.3. The Kier molecular flexibility index (Phi) is 5.51. The number of anilines is 2. The predicted molar refractivity (Wildman–Crippen MR) is 86.2 cm³/mol. The zero-order valence-electron chi connectivity index (χ0n) is 11.8. The average Bonchev–Trinajstić information content (AvgIpc) is 2.98. The highest BCUT2D eigenvalue weighted by molar-refractivity contribution is 7.07. The van der Waals surface area contributed by atoms with E-state index < -0.39 is 4.92 Å². The maximum absolute atomic E-state index is 11.0. The van der Waals surface area contributed by atoms with Crippen molar-refractivity contribution in [2.75, 3.05) is 23.7 Å². The Morgan fingerprint density at radius 2 is 2.14 bits per heavy atom. The first kappa shape index (κ1) is 15.2. The molecule has 0 aliphatic carbocycles. The quantitative estimate of drug-likeness (QED) is 0.576. The maximum Gasteiger partial charge on any atom is 0.311 e. The van der Waals surface area contributed by atoms with Crippen LogP contribution in [0.3, 0.4) is 0 Å². The van der Waals surface area contributed by atoms with Gasteiger partial charge in [-0.25, -0.2) is 4.98 Å². The Bertz CT molecular complexity index is 587. The summed E-state index contributed by atoms with van der Waals surface area (Å²) in [5.41, 5.74) is 1.22. The van der Waals surface area contributed by atoms with Gasteiger partial charge in [-0.1, -0.05) is 6.92 Å². The van der Waals surface area contributed by atoms with E-state index in [2.05, 4.69) is 27.9 Å². The number of pyridine rings is 1. The molecule has 6 nitrogen and oxygen atoms in total. The lowest BCUT2D eigenvalue weighted by atomic mass is 10.2. The van der Waals surface area contributed by atoms with Crippen LogP contribution >= 0.6 is 11.3 Å². The Morgan fingerprint density at radius 1 is 1.29 bits per heavy atom. The van der Waals surface area contributed by atoms with Crippen LogP contribution in [-0.2, 0) is 6.42 Å². The first-order valence-corrected chi connectivity index (χ1v) is 7.79. The highest BCUT2D eigenvalue weighted by atomic mass is 32.1. The third-order valence-corrected chi connectivity index (χ3v) is 3.65. The van der Waals surface area contributed by atoms with Crippen LogP contribution in [-0.4, -0.2) is 23.0 Å². The number of hydrogen-bond donors (Lipinski definition) is 2. The lowest BCUT2D eigenvalue weighted by Crippen LogP contribution is -2.10. The first-order valence-electron chi connectivity index (χ1n) is 6.85. The number of nitrogens with one attached hydrogen (secondary N) is 2. The summed E-state index contributed by atoms with van der Waals surface area (Å²) in [7, 11) is 0. The third-order valence-electron chi connectivity index (χ3n) is 2.91. The van der Waals surface area contributed by atoms with Crippen LogP contribution in [0.4, 0.5) is 17.3 Å². The molecule has 2 rings (SSSR count). The van der Waals surface area contributed by atoms with Gasteiger partial charge in [0.05, 0.1) is 4.92 Å². The van der Waals surface area contributed by atoms with Crippen molar-refractivity contribution in [2.45, 2.75) is 19.8 Å². The minimum Gasteiger partial charge on any atom is -0.370 e. The Balaban J connectivity index is 2.04. The molecule has 7 heteroatoms. The molecule has 0 fully saturated rings. The largest absolute Gasteiger partial charge is 0.370 e. The number of thiophene rings is 1. The van der Waals surface area contributed by atoms with Gasteiger partial charge in [0.1, 0.15) is 5.82 Å². The summed E-state index contributed by atoms with van der Waals surface area (Å²) in [6.45, 7) is 3.46. The minimum absolute atomic E-state index is 0.00219. The zero-order chi connectivity index (χ0) is 15.1. The van der Waals surface area contributed by atoms with Crippen LogP contribution in [0.1, 0.15) is 18.9 Å². The number of nitro groups is 1. The molecule has 0 radical (unpaired) electrons. The van der Waals surface area contributed by atoms with E-state index in [4.69, 9.17) is 0 Å². The number of hydrogen-bond acceptors (Lipinski definition) is 6. The van der Waals surface area contributed by atoms with Gasteiger partial charge in [0.2, 0.25) is 5.82 Å². The van der Waals surface area contributed by atoms with E-state index in [0.717, 1.165) is 19.4 Å². The van der Waals surface area contributed by atoms with Crippen molar-refractivity contribution in [1.82, 2.24) is 4.98 Å². The van der Waals surface area contributed by atoms with E-state index in [1.165, 1.54) is 11.6 Å². The fourth-order valence-electron chi connectivity index (χ4n) is 1.84. The SMILES string of the molecule is CCCNc1ccc([N+](=O)[O-])c(NCCc2ccsc2)n1. The van der Waals surface area contributed by atoms with Crippen LogP contribution in [0.25, 0.3) is 0 Å². The predicted octanol–water partition coefficient (Wildman–Crippen LogP) is 3.53. The van der Waals surface area contributed by atoms with Gasteiger partial charge < -0.3 is 10.6 Å². The molecular formula is C14H18N4O2S.